The van der Waals surface area contributed by atoms with Gasteiger partial charge in [-0.3, -0.25) is 0 Å². The summed E-state index contributed by atoms with van der Waals surface area (Å²) in [5, 5.41) is 2.50. The van der Waals surface area contributed by atoms with Gasteiger partial charge in [0.2, 0.25) is 0 Å². The van der Waals surface area contributed by atoms with Crippen LogP contribution in [0.5, 0.6) is 0 Å². The van der Waals surface area contributed by atoms with Crippen LogP contribution in [0.2, 0.25) is 20.1 Å². The number of halogens is 4. The maximum atomic E-state index is 16.7. The van der Waals surface area contributed by atoms with E-state index in [1.165, 1.54) is 5.56 Å². The maximum absolute atomic E-state index is 16.7. The van der Waals surface area contributed by atoms with Crippen molar-refractivity contribution in [2.75, 3.05) is 0 Å². The van der Waals surface area contributed by atoms with Crippen molar-refractivity contribution in [3.05, 3.63) is 169 Å². The van der Waals surface area contributed by atoms with E-state index in [2.05, 4.69) is 19.1 Å². The Morgan fingerprint density at radius 1 is 0.537 bits per heavy atom. The third kappa shape index (κ3) is 6.03. The fraction of sp³-hybridized carbons (Fsp3) is 0.143. The average molecular weight is 638 g/mol. The summed E-state index contributed by atoms with van der Waals surface area (Å²) in [7, 11) is -3.66. The Hall–Kier alpha value is -2.51. The first kappa shape index (κ1) is 30.0. The highest BCUT2D eigenvalue weighted by Gasteiger charge is 2.48. The molecule has 0 aliphatic heterocycles. The van der Waals surface area contributed by atoms with Crippen LogP contribution >= 0.6 is 53.5 Å². The molecule has 0 amide bonds. The maximum Gasteiger partial charge on any atom is 0.138 e. The number of hydrogen-bond donors (Lipinski definition) is 0. The summed E-state index contributed by atoms with van der Waals surface area (Å²) < 4.78 is 16.7. The summed E-state index contributed by atoms with van der Waals surface area (Å²) in [4.78, 5) is 0. The predicted octanol–water partition coefficient (Wildman–Crippen LogP) is 11.8. The minimum atomic E-state index is -3.66. The van der Waals surface area contributed by atoms with Crippen molar-refractivity contribution in [3.63, 3.8) is 0 Å². The molecule has 208 valence electrons. The van der Waals surface area contributed by atoms with Crippen molar-refractivity contribution in [2.24, 2.45) is 0 Å². The van der Waals surface area contributed by atoms with E-state index in [1.807, 2.05) is 72.8 Å². The van der Waals surface area contributed by atoms with Crippen molar-refractivity contribution < 1.29 is 4.57 Å². The number of rotatable bonds is 9. The summed E-state index contributed by atoms with van der Waals surface area (Å²) in [6.45, 7) is 2.15. The quantitative estimate of drug-likeness (QED) is 0.147. The first-order valence-electron chi connectivity index (χ1n) is 13.5. The molecule has 5 aromatic carbocycles. The molecule has 0 aromatic heterocycles. The largest absolute Gasteiger partial charge is 0.317 e. The molecule has 2 unspecified atom stereocenters. The topological polar surface area (TPSA) is 17.1 Å². The van der Waals surface area contributed by atoms with Gasteiger partial charge in [0.25, 0.3) is 0 Å². The second-order valence-corrected chi connectivity index (χ2v) is 14.6. The van der Waals surface area contributed by atoms with E-state index in [9.17, 15) is 0 Å². The minimum absolute atomic E-state index is 0.450. The second kappa shape index (κ2) is 13.2. The van der Waals surface area contributed by atoms with Crippen LogP contribution in [0.3, 0.4) is 0 Å². The Balaban J connectivity index is 1.94. The third-order valence-corrected chi connectivity index (χ3v) is 12.5. The molecule has 6 heteroatoms. The van der Waals surface area contributed by atoms with E-state index in [0.29, 0.717) is 36.5 Å². The molecule has 1 nitrogen and oxygen atoms in total. The highest BCUT2D eigenvalue weighted by Crippen LogP contribution is 2.73. The lowest BCUT2D eigenvalue weighted by atomic mass is 10.0. The molecule has 41 heavy (non-hydrogen) atoms. The predicted molar refractivity (Wildman–Crippen MR) is 177 cm³/mol. The molecule has 5 aromatic rings. The van der Waals surface area contributed by atoms with Gasteiger partial charge in [0.15, 0.2) is 0 Å². The molecule has 2 atom stereocenters. The molecule has 0 heterocycles. The van der Waals surface area contributed by atoms with Gasteiger partial charge in [-0.1, -0.05) is 157 Å². The van der Waals surface area contributed by atoms with Crippen LogP contribution in [0.15, 0.2) is 121 Å². The van der Waals surface area contributed by atoms with Crippen LogP contribution < -0.4 is 5.30 Å². The highest BCUT2D eigenvalue weighted by molar-refractivity contribution is 7.72. The molecule has 0 spiro atoms. The van der Waals surface area contributed by atoms with Crippen LogP contribution in [0.25, 0.3) is 0 Å². The Bertz CT molecular complexity index is 1530. The van der Waals surface area contributed by atoms with Gasteiger partial charge in [-0.15, -0.1) is 0 Å². The first-order chi connectivity index (χ1) is 19.9. The van der Waals surface area contributed by atoms with Crippen LogP contribution in [-0.2, 0) is 11.0 Å². The van der Waals surface area contributed by atoms with E-state index in [0.717, 1.165) is 24.0 Å². The number of aryl methyl sites for hydroxylation is 1. The van der Waals surface area contributed by atoms with Gasteiger partial charge in [0.05, 0.1) is 11.3 Å². The van der Waals surface area contributed by atoms with Gasteiger partial charge in [-0.25, -0.2) is 0 Å². The zero-order chi connectivity index (χ0) is 29.0. The molecule has 0 saturated carbocycles. The minimum Gasteiger partial charge on any atom is -0.317 e. The number of hydrogen-bond acceptors (Lipinski definition) is 1. The molecule has 0 saturated heterocycles. The van der Waals surface area contributed by atoms with Crippen molar-refractivity contribution in [3.8, 4) is 0 Å². The van der Waals surface area contributed by atoms with Crippen LogP contribution in [-0.4, -0.2) is 0 Å². The molecule has 0 radical (unpaired) electrons. The van der Waals surface area contributed by atoms with Gasteiger partial charge < -0.3 is 4.57 Å². The lowest BCUT2D eigenvalue weighted by molar-refractivity contribution is 0.571. The molecule has 0 fully saturated rings. The van der Waals surface area contributed by atoms with Crippen molar-refractivity contribution >= 4 is 58.9 Å². The molecule has 0 N–H and O–H groups in total. The van der Waals surface area contributed by atoms with E-state index in [-0.39, 0.29) is 0 Å². The second-order valence-electron chi connectivity index (χ2n) is 10.0. The highest BCUT2D eigenvalue weighted by atomic mass is 35.5. The van der Waals surface area contributed by atoms with Gasteiger partial charge in [-0.2, -0.15) is 0 Å². The van der Waals surface area contributed by atoms with E-state index in [4.69, 9.17) is 46.4 Å². The molecule has 0 bridgehead atoms. The molecular weight excluding hydrogens is 609 g/mol. The smallest absolute Gasteiger partial charge is 0.138 e. The first-order valence-corrected chi connectivity index (χ1v) is 16.9. The van der Waals surface area contributed by atoms with Crippen molar-refractivity contribution in [1.29, 1.82) is 0 Å². The van der Waals surface area contributed by atoms with Gasteiger partial charge in [0.1, 0.15) is 7.14 Å². The Morgan fingerprint density at radius 2 is 0.927 bits per heavy atom. The van der Waals surface area contributed by atoms with Crippen LogP contribution in [0.1, 0.15) is 52.5 Å². The molecule has 0 aliphatic rings. The van der Waals surface area contributed by atoms with E-state index >= 15 is 4.57 Å². The summed E-state index contributed by atoms with van der Waals surface area (Å²) >= 11 is 27.7. The summed E-state index contributed by atoms with van der Waals surface area (Å²) in [6.07, 6.45) is 1.95. The Kier molecular flexibility index (Phi) is 9.65. The lowest BCUT2D eigenvalue weighted by Crippen LogP contribution is -2.21. The molecule has 5 rings (SSSR count). The molecule has 0 aliphatic carbocycles. The van der Waals surface area contributed by atoms with Gasteiger partial charge in [-0.05, 0) is 47.4 Å². The normalized spacial score (nSPS) is 14.3. The third-order valence-electron chi connectivity index (χ3n) is 7.42. The van der Waals surface area contributed by atoms with Crippen LogP contribution in [0, 0.1) is 0 Å². The zero-order valence-corrected chi connectivity index (χ0v) is 26.4. The monoisotopic (exact) mass is 636 g/mol. The van der Waals surface area contributed by atoms with Crippen LogP contribution in [0.4, 0.5) is 0 Å². The standard InChI is InChI=1S/C35H29Cl4OP/c1-2-11-24-20-22-27(23-21-24)41(40,34(25-12-5-3-6-13-25)32-28(36)16-9-17-29(32)37)35(26-14-7-4-8-15-26)33-30(38)18-10-19-31(33)39/h3-10,12-23,34-35H,2,11H2,1H3. The van der Waals surface area contributed by atoms with E-state index in [1.54, 1.807) is 36.4 Å². The van der Waals surface area contributed by atoms with E-state index < -0.39 is 18.5 Å². The Labute approximate surface area is 262 Å². The Morgan fingerprint density at radius 3 is 1.29 bits per heavy atom. The summed E-state index contributed by atoms with van der Waals surface area (Å²) in [5.74, 6) is 0. The fourth-order valence-electron chi connectivity index (χ4n) is 5.61. The molecular formula is C35H29Cl4OP. The lowest BCUT2D eigenvalue weighted by Gasteiger charge is -2.37. The SMILES string of the molecule is CCCc1ccc(P(=O)(C(c2ccccc2)c2c(Cl)cccc2Cl)C(c2ccccc2)c2c(Cl)cccc2Cl)cc1. The average Bonchev–Trinajstić information content (AvgIpc) is 2.98. The zero-order valence-electron chi connectivity index (χ0n) is 22.5. The summed E-state index contributed by atoms with van der Waals surface area (Å²) in [5.41, 5.74) is 2.71. The number of benzene rings is 5. The van der Waals surface area contributed by atoms with Gasteiger partial charge >= 0.3 is 0 Å². The van der Waals surface area contributed by atoms with Crippen molar-refractivity contribution in [2.45, 2.75) is 31.1 Å². The van der Waals surface area contributed by atoms with Gasteiger partial charge in [0, 0.05) is 36.5 Å². The van der Waals surface area contributed by atoms with Crippen molar-refractivity contribution in [1.82, 2.24) is 0 Å². The summed E-state index contributed by atoms with van der Waals surface area (Å²) in [6, 6.07) is 38.5. The fourth-order valence-corrected chi connectivity index (χ4v) is 11.2.